The van der Waals surface area contributed by atoms with Crippen molar-refractivity contribution >= 4 is 34.7 Å². The highest BCUT2D eigenvalue weighted by molar-refractivity contribution is 6.00. The maximum atomic E-state index is 13.9. The molecule has 1 aliphatic heterocycles. The number of fused-ring (bicyclic) bond motifs is 1. The van der Waals surface area contributed by atoms with Crippen molar-refractivity contribution in [2.24, 2.45) is 13.0 Å². The lowest BCUT2D eigenvalue weighted by atomic mass is 9.83. The number of hydrogen-bond acceptors (Lipinski definition) is 6. The Labute approximate surface area is 256 Å². The van der Waals surface area contributed by atoms with E-state index in [1.54, 1.807) is 37.5 Å². The number of carbonyl (C=O) groups is 4. The first kappa shape index (κ1) is 33.0. The SMILES string of the molecule is C[C@@H](C(=O)N[C@H](C(=O)N1CCN(C(=O)c2cc3c(O)c(F)c(F)cc3n2C)CC1)C1CCCCC1)N(C)C(=O)OC(C)(C)C. The fourth-order valence-electron chi connectivity index (χ4n) is 5.88. The quantitative estimate of drug-likeness (QED) is 0.508. The van der Waals surface area contributed by atoms with E-state index in [2.05, 4.69) is 5.32 Å². The van der Waals surface area contributed by atoms with E-state index in [0.717, 1.165) is 38.2 Å². The van der Waals surface area contributed by atoms with Crippen molar-refractivity contribution in [3.05, 3.63) is 29.5 Å². The molecule has 242 valence electrons. The van der Waals surface area contributed by atoms with E-state index < -0.39 is 53.0 Å². The molecule has 11 nitrogen and oxygen atoms in total. The molecule has 2 aromatic rings. The molecule has 1 saturated heterocycles. The fraction of sp³-hybridized carbons (Fsp3) is 0.613. The molecule has 4 amide bonds. The van der Waals surface area contributed by atoms with Crippen LogP contribution in [0.3, 0.4) is 0 Å². The van der Waals surface area contributed by atoms with Crippen molar-refractivity contribution < 1.29 is 37.8 Å². The number of nitrogens with zero attached hydrogens (tertiary/aromatic N) is 4. The van der Waals surface area contributed by atoms with Crippen LogP contribution in [0.15, 0.2) is 12.1 Å². The molecular formula is C31H43F2N5O6. The molecule has 4 rings (SSSR count). The number of piperazine rings is 1. The zero-order valence-electron chi connectivity index (χ0n) is 26.3. The molecule has 2 fully saturated rings. The van der Waals surface area contributed by atoms with Crippen molar-refractivity contribution in [3.63, 3.8) is 0 Å². The van der Waals surface area contributed by atoms with Crippen LogP contribution in [0.25, 0.3) is 10.9 Å². The second-order valence-corrected chi connectivity index (χ2v) is 12.8. The first-order chi connectivity index (χ1) is 20.6. The van der Waals surface area contributed by atoms with Gasteiger partial charge in [-0.25, -0.2) is 9.18 Å². The lowest BCUT2D eigenvalue weighted by Gasteiger charge is -2.39. The van der Waals surface area contributed by atoms with Gasteiger partial charge in [0.1, 0.15) is 23.4 Å². The summed E-state index contributed by atoms with van der Waals surface area (Å²) in [5, 5.41) is 13.0. The highest BCUT2D eigenvalue weighted by Gasteiger charge is 2.38. The Hall–Kier alpha value is -3.90. The maximum Gasteiger partial charge on any atom is 0.410 e. The smallest absolute Gasteiger partial charge is 0.410 e. The fourth-order valence-corrected chi connectivity index (χ4v) is 5.88. The number of phenolic OH excluding ortho intramolecular Hbond substituents is 1. The number of aromatic hydroxyl groups is 1. The summed E-state index contributed by atoms with van der Waals surface area (Å²) < 4.78 is 34.6. The van der Waals surface area contributed by atoms with Crippen molar-refractivity contribution in [1.29, 1.82) is 0 Å². The van der Waals surface area contributed by atoms with Gasteiger partial charge in [0.15, 0.2) is 11.6 Å². The Balaban J connectivity index is 1.44. The third-order valence-electron chi connectivity index (χ3n) is 8.64. The van der Waals surface area contributed by atoms with Gasteiger partial charge >= 0.3 is 6.09 Å². The Morgan fingerprint density at radius 2 is 1.61 bits per heavy atom. The van der Waals surface area contributed by atoms with Gasteiger partial charge in [-0.15, -0.1) is 0 Å². The summed E-state index contributed by atoms with van der Waals surface area (Å²) in [6.45, 7) is 7.69. The summed E-state index contributed by atoms with van der Waals surface area (Å²) in [6.07, 6.45) is 3.91. The summed E-state index contributed by atoms with van der Waals surface area (Å²) in [4.78, 5) is 57.5. The number of halogens is 2. The van der Waals surface area contributed by atoms with Gasteiger partial charge in [0, 0.05) is 51.7 Å². The second kappa shape index (κ2) is 13.0. The maximum absolute atomic E-state index is 13.9. The van der Waals surface area contributed by atoms with Crippen LogP contribution < -0.4 is 5.32 Å². The van der Waals surface area contributed by atoms with Gasteiger partial charge in [-0.1, -0.05) is 19.3 Å². The van der Waals surface area contributed by atoms with Gasteiger partial charge in [-0.3, -0.25) is 19.3 Å². The van der Waals surface area contributed by atoms with E-state index in [4.69, 9.17) is 4.74 Å². The topological polar surface area (TPSA) is 124 Å². The predicted molar refractivity (Wildman–Crippen MR) is 159 cm³/mol. The van der Waals surface area contributed by atoms with E-state index in [0.29, 0.717) is 0 Å². The van der Waals surface area contributed by atoms with Crippen LogP contribution in [-0.2, 0) is 21.4 Å². The van der Waals surface area contributed by atoms with Crippen LogP contribution in [0.2, 0.25) is 0 Å². The van der Waals surface area contributed by atoms with Gasteiger partial charge in [0.25, 0.3) is 5.91 Å². The molecule has 2 atom stereocenters. The number of aromatic nitrogens is 1. The first-order valence-corrected chi connectivity index (χ1v) is 15.1. The summed E-state index contributed by atoms with van der Waals surface area (Å²) in [6, 6.07) is 0.617. The number of carbonyl (C=O) groups excluding carboxylic acids is 4. The average molecular weight is 620 g/mol. The summed E-state index contributed by atoms with van der Waals surface area (Å²) in [5.41, 5.74) is -0.400. The highest BCUT2D eigenvalue weighted by Crippen LogP contribution is 2.33. The minimum atomic E-state index is -1.38. The van der Waals surface area contributed by atoms with Crippen LogP contribution >= 0.6 is 0 Å². The number of phenols is 1. The Kier molecular flexibility index (Phi) is 9.74. The summed E-state index contributed by atoms with van der Waals surface area (Å²) in [7, 11) is 3.01. The molecule has 1 aromatic heterocycles. The van der Waals surface area contributed by atoms with Crippen LogP contribution in [0.4, 0.5) is 13.6 Å². The number of nitrogens with one attached hydrogen (secondary N) is 1. The second-order valence-electron chi connectivity index (χ2n) is 12.8. The zero-order valence-corrected chi connectivity index (χ0v) is 26.3. The monoisotopic (exact) mass is 619 g/mol. The van der Waals surface area contributed by atoms with Gasteiger partial charge in [0.2, 0.25) is 17.6 Å². The average Bonchev–Trinajstić information content (AvgIpc) is 3.32. The third-order valence-corrected chi connectivity index (χ3v) is 8.64. The van der Waals surface area contributed by atoms with E-state index in [1.165, 1.54) is 29.6 Å². The summed E-state index contributed by atoms with van der Waals surface area (Å²) >= 11 is 0. The Morgan fingerprint density at radius 1 is 1.02 bits per heavy atom. The number of rotatable bonds is 6. The minimum absolute atomic E-state index is 0.0289. The van der Waals surface area contributed by atoms with Crippen LogP contribution in [-0.4, -0.2) is 99.1 Å². The van der Waals surface area contributed by atoms with Gasteiger partial charge in [-0.05, 0) is 52.5 Å². The van der Waals surface area contributed by atoms with E-state index >= 15 is 0 Å². The molecule has 0 bridgehead atoms. The molecule has 0 unspecified atom stereocenters. The number of amides is 4. The highest BCUT2D eigenvalue weighted by atomic mass is 19.2. The predicted octanol–water partition coefficient (Wildman–Crippen LogP) is 3.77. The van der Waals surface area contributed by atoms with Gasteiger partial charge < -0.3 is 29.5 Å². The summed E-state index contributed by atoms with van der Waals surface area (Å²) in [5.74, 6) is -4.58. The molecule has 1 aromatic carbocycles. The molecule has 2 N–H and O–H groups in total. The van der Waals surface area contributed by atoms with Gasteiger partial charge in [0.05, 0.1) is 5.52 Å². The van der Waals surface area contributed by atoms with Crippen molar-refractivity contribution in [3.8, 4) is 5.75 Å². The number of likely N-dealkylation sites (N-methyl/N-ethyl adjacent to an activating group) is 1. The Morgan fingerprint density at radius 3 is 2.20 bits per heavy atom. The van der Waals surface area contributed by atoms with Crippen LogP contribution in [0.5, 0.6) is 5.75 Å². The molecule has 2 aliphatic rings. The number of hydrogen-bond donors (Lipinski definition) is 2. The van der Waals surface area contributed by atoms with E-state index in [9.17, 15) is 33.1 Å². The largest absolute Gasteiger partial charge is 0.504 e. The third kappa shape index (κ3) is 6.91. The van der Waals surface area contributed by atoms with Gasteiger partial charge in [-0.2, -0.15) is 4.39 Å². The molecule has 13 heteroatoms. The first-order valence-electron chi connectivity index (χ1n) is 15.1. The van der Waals surface area contributed by atoms with Crippen molar-refractivity contribution in [2.45, 2.75) is 77.5 Å². The van der Waals surface area contributed by atoms with E-state index in [-0.39, 0.29) is 54.6 Å². The van der Waals surface area contributed by atoms with Crippen molar-refractivity contribution in [2.75, 3.05) is 33.2 Å². The number of aryl methyl sites for hydroxylation is 1. The van der Waals surface area contributed by atoms with Crippen LogP contribution in [0.1, 0.15) is 70.3 Å². The molecule has 1 aliphatic carbocycles. The zero-order chi connectivity index (χ0) is 32.5. The number of benzene rings is 1. The molecule has 0 spiro atoms. The Bertz CT molecular complexity index is 1420. The standard InChI is InChI=1S/C31H43F2N5O6/c1-18(35(5)30(43)44-31(2,3)4)27(40)34-25(19-10-8-7-9-11-19)29(42)38-14-12-37(13-15-38)28(41)23-16-20-22(36(23)6)17-21(32)24(33)26(20)39/h16-19,25,39H,7-15H2,1-6H3,(H,34,40)/t18-,25-/m0/s1. The lowest BCUT2D eigenvalue weighted by Crippen LogP contribution is -2.59. The molecule has 0 radical (unpaired) electrons. The van der Waals surface area contributed by atoms with Crippen LogP contribution in [0, 0.1) is 17.6 Å². The van der Waals surface area contributed by atoms with E-state index in [1.807, 2.05) is 0 Å². The molecular weight excluding hydrogens is 576 g/mol. The van der Waals surface area contributed by atoms with Crippen molar-refractivity contribution in [1.82, 2.24) is 24.6 Å². The minimum Gasteiger partial charge on any atom is -0.504 e. The molecule has 44 heavy (non-hydrogen) atoms. The molecule has 2 heterocycles. The number of ether oxygens (including phenoxy) is 1. The molecule has 1 saturated carbocycles. The normalized spacial score (nSPS) is 17.7. The lowest BCUT2D eigenvalue weighted by molar-refractivity contribution is -0.140.